The van der Waals surface area contributed by atoms with Crippen molar-refractivity contribution in [3.8, 4) is 28.7 Å². The number of aromatic hydroxyl groups is 1. The number of furan rings is 1. The summed E-state index contributed by atoms with van der Waals surface area (Å²) in [6.07, 6.45) is 0.740. The van der Waals surface area contributed by atoms with Crippen LogP contribution >= 0.6 is 11.8 Å². The van der Waals surface area contributed by atoms with Crippen molar-refractivity contribution in [1.29, 1.82) is 0 Å². The zero-order valence-electron chi connectivity index (χ0n) is 32.1. The Balaban J connectivity index is 1.19. The first kappa shape index (κ1) is 35.6. The van der Waals surface area contributed by atoms with Gasteiger partial charge in [-0.25, -0.2) is 4.79 Å². The van der Waals surface area contributed by atoms with Crippen LogP contribution in [-0.2, 0) is 31.8 Å². The molecule has 0 radical (unpaired) electrons. The highest BCUT2D eigenvalue weighted by Crippen LogP contribution is 2.71. The fraction of sp³-hybridized carbons (Fsp3) is 0.476. The Labute approximate surface area is 331 Å². The Morgan fingerprint density at radius 2 is 1.89 bits per heavy atom. The molecule has 0 aliphatic carbocycles. The number of hydrogen-bond acceptors (Lipinski definition) is 15. The number of methoxy groups -OCH3 is 1. The van der Waals surface area contributed by atoms with Gasteiger partial charge in [0.2, 0.25) is 6.79 Å². The molecule has 298 valence electrons. The van der Waals surface area contributed by atoms with E-state index in [9.17, 15) is 24.9 Å². The highest BCUT2D eigenvalue weighted by molar-refractivity contribution is 7.99. The van der Waals surface area contributed by atoms with Gasteiger partial charge in [-0.15, -0.1) is 11.8 Å². The number of thioether (sulfide) groups is 1. The van der Waals surface area contributed by atoms with Crippen LogP contribution in [0.4, 0.5) is 0 Å². The van der Waals surface area contributed by atoms with Crippen molar-refractivity contribution in [2.24, 2.45) is 0 Å². The van der Waals surface area contributed by atoms with Crippen molar-refractivity contribution in [2.75, 3.05) is 39.4 Å². The summed E-state index contributed by atoms with van der Waals surface area (Å²) in [4.78, 5) is 32.4. The van der Waals surface area contributed by atoms with Gasteiger partial charge in [0.15, 0.2) is 28.5 Å². The summed E-state index contributed by atoms with van der Waals surface area (Å²) >= 11 is 1.45. The number of benzene rings is 3. The number of phenolic OH excluding ortho intramolecular Hbond substituents is 1. The molecule has 2 unspecified atom stereocenters. The van der Waals surface area contributed by atoms with Crippen LogP contribution in [0.5, 0.6) is 28.7 Å². The van der Waals surface area contributed by atoms with Crippen LogP contribution in [0.15, 0.2) is 34.7 Å². The number of aliphatic hydroxyl groups excluding tert-OH is 1. The molecule has 4 aromatic rings. The Morgan fingerprint density at radius 1 is 1.11 bits per heavy atom. The topological polar surface area (TPSA) is 173 Å². The summed E-state index contributed by atoms with van der Waals surface area (Å²) < 4.78 is 37.3. The molecule has 15 heteroatoms. The lowest BCUT2D eigenvalue weighted by atomic mass is 9.75. The number of aliphatic hydroxyl groups is 2. The second kappa shape index (κ2) is 11.8. The molecule has 12 rings (SSSR count). The average Bonchev–Trinajstić information content (AvgIpc) is 3.93. The Kier molecular flexibility index (Phi) is 7.37. The molecule has 57 heavy (non-hydrogen) atoms. The predicted octanol–water partition coefficient (Wildman–Crippen LogP) is 4.25. The number of carbonyl (C=O) groups is 2. The highest BCUT2D eigenvalue weighted by atomic mass is 32.2. The number of esters is 2. The molecule has 3 saturated heterocycles. The standard InChI is InChI=1S/C42H43N3O11S/c1-18-10-24-27(32(48)33(18)51-5)30-31-37-29-28(36-35(53-17-54-36)19(2)34(29)55-20(3)47)25(45(31)41(50)14-40(24,4)44(30)15-41)13-52-39(49)42(16-57-37)38-23(11-21(12-46)43-42)22-8-6-7-9-26(22)56-38/h6-10,21,25,30-31,37,43,46,48,50H,11-17H2,1-5H3/t21-,25+,30-,31?,37-,40?,41-,42-/m1/s1. The quantitative estimate of drug-likeness (QED) is 0.171. The van der Waals surface area contributed by atoms with Crippen LogP contribution in [0.3, 0.4) is 0 Å². The largest absolute Gasteiger partial charge is 0.504 e. The number of rotatable bonds is 3. The Morgan fingerprint density at radius 3 is 2.67 bits per heavy atom. The van der Waals surface area contributed by atoms with E-state index in [1.54, 1.807) is 7.11 Å². The molecular formula is C42H43N3O11S. The molecule has 1 aromatic heterocycles. The molecule has 9 heterocycles. The first-order valence-electron chi connectivity index (χ1n) is 19.4. The minimum Gasteiger partial charge on any atom is -0.504 e. The van der Waals surface area contributed by atoms with E-state index >= 15 is 0 Å². The number of aryl methyl sites for hydroxylation is 1. The molecule has 4 bridgehead atoms. The normalized spacial score (nSPS) is 33.2. The summed E-state index contributed by atoms with van der Waals surface area (Å²) in [5.41, 5.74) is 2.13. The average molecular weight is 798 g/mol. The maximum Gasteiger partial charge on any atom is 0.335 e. The van der Waals surface area contributed by atoms with Crippen molar-refractivity contribution in [3.63, 3.8) is 0 Å². The molecule has 1 spiro atoms. The second-order valence-corrected chi connectivity index (χ2v) is 17.9. The van der Waals surface area contributed by atoms with Gasteiger partial charge in [-0.1, -0.05) is 18.2 Å². The molecule has 4 N–H and O–H groups in total. The maximum atomic E-state index is 15.0. The molecule has 8 aliphatic rings. The monoisotopic (exact) mass is 797 g/mol. The number of fused-ring (bicyclic) bond motifs is 11. The van der Waals surface area contributed by atoms with Crippen molar-refractivity contribution >= 4 is 34.7 Å². The van der Waals surface area contributed by atoms with E-state index in [0.717, 1.165) is 27.6 Å². The van der Waals surface area contributed by atoms with E-state index in [0.29, 0.717) is 63.9 Å². The van der Waals surface area contributed by atoms with Gasteiger partial charge in [-0.3, -0.25) is 19.9 Å². The van der Waals surface area contributed by atoms with E-state index < -0.39 is 58.2 Å². The van der Waals surface area contributed by atoms with Gasteiger partial charge in [-0.05, 0) is 50.5 Å². The van der Waals surface area contributed by atoms with Gasteiger partial charge in [0.1, 0.15) is 29.4 Å². The first-order chi connectivity index (χ1) is 27.3. The third kappa shape index (κ3) is 4.39. The summed E-state index contributed by atoms with van der Waals surface area (Å²) in [6, 6.07) is 7.33. The third-order valence-corrected chi connectivity index (χ3v) is 15.2. The SMILES string of the molecule is COc1c(C)cc2c(c1O)[C@@H]1C3[C@@H]4SC[C@]5(N[C@@H](CO)Cc6c5oc5ccccc65)C(=O)OC[C@@H](c5c6c(c(C)c(OC(C)=O)c54)OCO6)N3[C@]3(O)CN1C2(C)C3. The lowest BCUT2D eigenvalue weighted by Gasteiger charge is -2.59. The lowest BCUT2D eigenvalue weighted by molar-refractivity contribution is -0.196. The molecular weight excluding hydrogens is 755 g/mol. The van der Waals surface area contributed by atoms with Crippen LogP contribution in [-0.4, -0.2) is 94.3 Å². The maximum absolute atomic E-state index is 15.0. The summed E-state index contributed by atoms with van der Waals surface area (Å²) in [7, 11) is 1.55. The van der Waals surface area contributed by atoms with Gasteiger partial charge in [0, 0.05) is 76.5 Å². The van der Waals surface area contributed by atoms with Gasteiger partial charge in [0.25, 0.3) is 0 Å². The minimum atomic E-state index is -1.53. The van der Waals surface area contributed by atoms with E-state index in [-0.39, 0.29) is 38.1 Å². The Bertz CT molecular complexity index is 2470. The van der Waals surface area contributed by atoms with E-state index in [1.165, 1.54) is 18.7 Å². The van der Waals surface area contributed by atoms with Crippen LogP contribution in [0.2, 0.25) is 0 Å². The molecule has 14 nitrogen and oxygen atoms in total. The van der Waals surface area contributed by atoms with Crippen LogP contribution < -0.4 is 24.3 Å². The Hall–Kier alpha value is -4.51. The van der Waals surface area contributed by atoms with Gasteiger partial charge >= 0.3 is 11.9 Å². The van der Waals surface area contributed by atoms with E-state index in [1.807, 2.05) is 38.1 Å². The fourth-order valence-electron chi connectivity index (χ4n) is 11.7. The molecule has 8 aliphatic heterocycles. The number of para-hydroxylation sites is 1. The van der Waals surface area contributed by atoms with Crippen molar-refractivity contribution < 1.29 is 53.0 Å². The summed E-state index contributed by atoms with van der Waals surface area (Å²) in [5, 5.41) is 39.7. The van der Waals surface area contributed by atoms with Gasteiger partial charge in [0.05, 0.1) is 31.1 Å². The van der Waals surface area contributed by atoms with E-state index in [2.05, 4.69) is 28.1 Å². The van der Waals surface area contributed by atoms with Gasteiger partial charge < -0.3 is 43.4 Å². The molecule has 3 aromatic carbocycles. The number of phenols is 1. The smallest absolute Gasteiger partial charge is 0.335 e. The zero-order valence-corrected chi connectivity index (χ0v) is 33.0. The summed E-state index contributed by atoms with van der Waals surface area (Å²) in [6.45, 7) is 6.94. The number of nitrogens with one attached hydrogen (secondary N) is 1. The summed E-state index contributed by atoms with van der Waals surface area (Å²) in [5.74, 6) is 1.05. The molecule has 0 saturated carbocycles. The number of nitrogens with zero attached hydrogens (tertiary/aromatic N) is 2. The molecule has 3 fully saturated rings. The van der Waals surface area contributed by atoms with E-state index in [4.69, 9.17) is 28.1 Å². The number of hydrogen-bond donors (Lipinski definition) is 4. The molecule has 0 amide bonds. The fourth-order valence-corrected chi connectivity index (χ4v) is 13.3. The van der Waals surface area contributed by atoms with Crippen molar-refractivity contribution in [2.45, 2.75) is 86.8 Å². The number of ether oxygens (including phenoxy) is 5. The van der Waals surface area contributed by atoms with Crippen LogP contribution in [0.25, 0.3) is 11.0 Å². The van der Waals surface area contributed by atoms with Crippen LogP contribution in [0, 0.1) is 13.8 Å². The predicted molar refractivity (Wildman–Crippen MR) is 205 cm³/mol. The highest BCUT2D eigenvalue weighted by Gasteiger charge is 2.72. The third-order valence-electron chi connectivity index (χ3n) is 13.7. The van der Waals surface area contributed by atoms with Gasteiger partial charge in [-0.2, -0.15) is 0 Å². The van der Waals surface area contributed by atoms with Crippen LogP contribution in [0.1, 0.15) is 82.3 Å². The minimum absolute atomic E-state index is 0.0494. The van der Waals surface area contributed by atoms with Crippen molar-refractivity contribution in [1.82, 2.24) is 15.1 Å². The van der Waals surface area contributed by atoms with Crippen molar-refractivity contribution in [3.05, 3.63) is 75.0 Å². The first-order valence-corrected chi connectivity index (χ1v) is 20.4. The molecule has 8 atom stereocenters. The zero-order chi connectivity index (χ0) is 39.5. The number of piperazine rings is 1. The second-order valence-electron chi connectivity index (χ2n) is 16.8. The number of carbonyl (C=O) groups excluding carboxylic acids is 2. The lowest BCUT2D eigenvalue weighted by Crippen LogP contribution is -2.67.